The number of nitrogens with zero attached hydrogens (tertiary/aromatic N) is 4. The summed E-state index contributed by atoms with van der Waals surface area (Å²) < 4.78 is 11.1. The van der Waals surface area contributed by atoms with E-state index in [1.807, 2.05) is 43.0 Å². The number of aromatic nitrogens is 2. The van der Waals surface area contributed by atoms with Crippen LogP contribution in [-0.4, -0.2) is 59.5 Å². The smallest absolute Gasteiger partial charge is 0.309 e. The van der Waals surface area contributed by atoms with Crippen molar-refractivity contribution in [3.05, 3.63) is 42.2 Å². The molecule has 2 aliphatic heterocycles. The number of ether oxygens (including phenoxy) is 2. The van der Waals surface area contributed by atoms with Gasteiger partial charge < -0.3 is 19.3 Å². The normalized spacial score (nSPS) is 17.6. The zero-order chi connectivity index (χ0) is 23.2. The fourth-order valence-electron chi connectivity index (χ4n) is 4.52. The second-order valence-corrected chi connectivity index (χ2v) is 8.71. The van der Waals surface area contributed by atoms with Crippen molar-refractivity contribution >= 4 is 17.7 Å². The number of piperidine rings is 2. The Bertz CT molecular complexity index is 949. The largest absolute Gasteiger partial charge is 0.466 e. The fraction of sp³-hybridized carbons (Fsp3) is 0.520. The van der Waals surface area contributed by atoms with Crippen molar-refractivity contribution in [3.8, 4) is 11.6 Å². The summed E-state index contributed by atoms with van der Waals surface area (Å²) in [7, 11) is 0. The summed E-state index contributed by atoms with van der Waals surface area (Å²) in [5.74, 6) is 1.89. The van der Waals surface area contributed by atoms with Crippen LogP contribution >= 0.6 is 0 Å². The number of benzene rings is 1. The molecule has 2 aromatic rings. The van der Waals surface area contributed by atoms with Crippen molar-refractivity contribution in [2.24, 2.45) is 11.8 Å². The summed E-state index contributed by atoms with van der Waals surface area (Å²) >= 11 is 0. The van der Waals surface area contributed by atoms with Crippen molar-refractivity contribution in [3.63, 3.8) is 0 Å². The first-order valence-corrected chi connectivity index (χ1v) is 11.8. The van der Waals surface area contributed by atoms with Gasteiger partial charge >= 0.3 is 5.97 Å². The van der Waals surface area contributed by atoms with Crippen molar-refractivity contribution in [2.45, 2.75) is 39.5 Å². The lowest BCUT2D eigenvalue weighted by Crippen LogP contribution is -2.46. The molecule has 0 atom stereocenters. The Morgan fingerprint density at radius 3 is 2.24 bits per heavy atom. The second kappa shape index (κ2) is 10.6. The summed E-state index contributed by atoms with van der Waals surface area (Å²) in [6, 6.07) is 7.84. The van der Waals surface area contributed by atoms with Crippen LogP contribution in [0.3, 0.4) is 0 Å². The summed E-state index contributed by atoms with van der Waals surface area (Å²) in [6.45, 7) is 6.95. The molecule has 2 fully saturated rings. The number of anilines is 1. The maximum atomic E-state index is 13.1. The number of rotatable bonds is 6. The van der Waals surface area contributed by atoms with Crippen molar-refractivity contribution in [1.82, 2.24) is 14.9 Å². The molecule has 1 aromatic carbocycles. The van der Waals surface area contributed by atoms with E-state index in [1.165, 1.54) is 5.56 Å². The van der Waals surface area contributed by atoms with Crippen molar-refractivity contribution in [2.75, 3.05) is 37.7 Å². The highest BCUT2D eigenvalue weighted by Gasteiger charge is 2.33. The van der Waals surface area contributed by atoms with Crippen molar-refractivity contribution in [1.29, 1.82) is 0 Å². The number of hydrogen-bond acceptors (Lipinski definition) is 7. The highest BCUT2D eigenvalue weighted by Crippen LogP contribution is 2.32. The summed E-state index contributed by atoms with van der Waals surface area (Å²) in [5.41, 5.74) is 1.17. The van der Waals surface area contributed by atoms with E-state index in [-0.39, 0.29) is 23.7 Å². The summed E-state index contributed by atoms with van der Waals surface area (Å²) in [4.78, 5) is 38.0. The van der Waals surface area contributed by atoms with Crippen LogP contribution < -0.4 is 9.64 Å². The van der Waals surface area contributed by atoms with Gasteiger partial charge in [0.25, 0.3) is 5.88 Å². The number of aryl methyl sites for hydroxylation is 1. The van der Waals surface area contributed by atoms with Gasteiger partial charge in [0, 0.05) is 44.5 Å². The Morgan fingerprint density at radius 2 is 1.58 bits per heavy atom. The van der Waals surface area contributed by atoms with Gasteiger partial charge in [-0.3, -0.25) is 9.59 Å². The van der Waals surface area contributed by atoms with E-state index >= 15 is 0 Å². The molecule has 1 amide bonds. The van der Waals surface area contributed by atoms with Crippen molar-refractivity contribution < 1.29 is 19.1 Å². The number of esters is 1. The molecule has 2 aliphatic rings. The van der Waals surface area contributed by atoms with Crippen LogP contribution in [0.2, 0.25) is 0 Å². The van der Waals surface area contributed by atoms with Gasteiger partial charge in [0.05, 0.1) is 12.5 Å². The molecule has 176 valence electrons. The third-order valence-corrected chi connectivity index (χ3v) is 6.45. The van der Waals surface area contributed by atoms with Gasteiger partial charge in [0.15, 0.2) is 5.82 Å². The van der Waals surface area contributed by atoms with Gasteiger partial charge in [0.2, 0.25) is 5.91 Å². The molecule has 1 aromatic heterocycles. The highest BCUT2D eigenvalue weighted by atomic mass is 16.5. The monoisotopic (exact) mass is 452 g/mol. The van der Waals surface area contributed by atoms with Gasteiger partial charge in [-0.2, -0.15) is 0 Å². The molecule has 3 heterocycles. The fourth-order valence-corrected chi connectivity index (χ4v) is 4.52. The lowest BCUT2D eigenvalue weighted by atomic mass is 9.92. The molecule has 0 unspecified atom stereocenters. The number of hydrogen-bond donors (Lipinski definition) is 0. The molecular formula is C25H32N4O4. The van der Waals surface area contributed by atoms with E-state index in [0.29, 0.717) is 44.2 Å². The van der Waals surface area contributed by atoms with Gasteiger partial charge in [-0.25, -0.2) is 9.97 Å². The summed E-state index contributed by atoms with van der Waals surface area (Å²) in [6.07, 6.45) is 6.19. The van der Waals surface area contributed by atoms with Crippen LogP contribution in [0, 0.1) is 18.8 Å². The lowest BCUT2D eigenvalue weighted by Gasteiger charge is -2.37. The first kappa shape index (κ1) is 23.0. The van der Waals surface area contributed by atoms with Crippen LogP contribution in [0.1, 0.15) is 38.2 Å². The van der Waals surface area contributed by atoms with Crippen LogP contribution in [0.5, 0.6) is 11.6 Å². The predicted molar refractivity (Wildman–Crippen MR) is 124 cm³/mol. The minimum atomic E-state index is -0.134. The molecule has 0 bridgehead atoms. The van der Waals surface area contributed by atoms with Gasteiger partial charge in [-0.05, 0) is 51.7 Å². The van der Waals surface area contributed by atoms with E-state index in [4.69, 9.17) is 9.47 Å². The zero-order valence-electron chi connectivity index (χ0n) is 19.4. The molecule has 8 heteroatoms. The first-order chi connectivity index (χ1) is 16.0. The van der Waals surface area contributed by atoms with E-state index in [0.717, 1.165) is 31.7 Å². The van der Waals surface area contributed by atoms with Gasteiger partial charge in [-0.15, -0.1) is 0 Å². The predicted octanol–water partition coefficient (Wildman–Crippen LogP) is 3.60. The number of likely N-dealkylation sites (tertiary alicyclic amines) is 1. The molecule has 4 rings (SSSR count). The molecule has 2 saturated heterocycles. The SMILES string of the molecule is CCOC(=O)C1CCN(C(=O)C2CCN(c3nccnc3Oc3ccc(C)cc3)CC2)CC1. The second-order valence-electron chi connectivity index (χ2n) is 8.71. The number of carbonyl (C=O) groups is 2. The van der Waals surface area contributed by atoms with Gasteiger partial charge in [0.1, 0.15) is 5.75 Å². The molecule has 0 spiro atoms. The Hall–Kier alpha value is -3.16. The topological polar surface area (TPSA) is 84.9 Å². The molecule has 33 heavy (non-hydrogen) atoms. The standard InChI is InChI=1S/C25H32N4O4/c1-3-32-25(31)20-10-16-29(17-11-20)24(30)19-8-14-28(15-9-19)22-23(27-13-12-26-22)33-21-6-4-18(2)5-7-21/h4-7,12-13,19-20H,3,8-11,14-17H2,1-2H3. The number of carbonyl (C=O) groups excluding carboxylic acids is 2. The first-order valence-electron chi connectivity index (χ1n) is 11.8. The molecule has 0 saturated carbocycles. The third-order valence-electron chi connectivity index (χ3n) is 6.45. The number of amides is 1. The van der Waals surface area contributed by atoms with Crippen LogP contribution in [-0.2, 0) is 14.3 Å². The van der Waals surface area contributed by atoms with Crippen LogP contribution in [0.15, 0.2) is 36.7 Å². The molecule has 8 nitrogen and oxygen atoms in total. The Labute approximate surface area is 194 Å². The minimum Gasteiger partial charge on any atom is -0.466 e. The van der Waals surface area contributed by atoms with E-state index in [9.17, 15) is 9.59 Å². The quantitative estimate of drug-likeness (QED) is 0.619. The average molecular weight is 453 g/mol. The Kier molecular flexibility index (Phi) is 7.42. The lowest BCUT2D eigenvalue weighted by molar-refractivity contribution is -0.151. The van der Waals surface area contributed by atoms with Crippen LogP contribution in [0.25, 0.3) is 0 Å². The van der Waals surface area contributed by atoms with E-state index < -0.39 is 0 Å². The minimum absolute atomic E-state index is 0.00136. The zero-order valence-corrected chi connectivity index (χ0v) is 19.4. The summed E-state index contributed by atoms with van der Waals surface area (Å²) in [5, 5.41) is 0. The Morgan fingerprint density at radius 1 is 0.939 bits per heavy atom. The molecular weight excluding hydrogens is 420 g/mol. The highest BCUT2D eigenvalue weighted by molar-refractivity contribution is 5.80. The molecule has 0 aliphatic carbocycles. The third kappa shape index (κ3) is 5.61. The maximum absolute atomic E-state index is 13.1. The molecule has 0 N–H and O–H groups in total. The average Bonchev–Trinajstić information content (AvgIpc) is 2.86. The van der Waals surface area contributed by atoms with E-state index in [2.05, 4.69) is 14.9 Å². The Balaban J connectivity index is 1.32. The molecule has 0 radical (unpaired) electrons. The van der Waals surface area contributed by atoms with Crippen LogP contribution in [0.4, 0.5) is 5.82 Å². The van der Waals surface area contributed by atoms with E-state index in [1.54, 1.807) is 12.4 Å². The van der Waals surface area contributed by atoms with Gasteiger partial charge in [-0.1, -0.05) is 17.7 Å². The maximum Gasteiger partial charge on any atom is 0.309 e.